The molecule has 3 aromatic rings. The number of sulfonamides is 1. The van der Waals surface area contributed by atoms with E-state index < -0.39 is 15.6 Å². The summed E-state index contributed by atoms with van der Waals surface area (Å²) in [7, 11) is -4.06. The van der Waals surface area contributed by atoms with Crippen LogP contribution < -0.4 is 10.2 Å². The number of anilines is 2. The predicted octanol–water partition coefficient (Wildman–Crippen LogP) is 4.75. The second-order valence-corrected chi connectivity index (χ2v) is 13.6. The quantitative estimate of drug-likeness (QED) is 0.350. The van der Waals surface area contributed by atoms with Gasteiger partial charge >= 0.3 is 6.03 Å². The van der Waals surface area contributed by atoms with E-state index in [2.05, 4.69) is 33.2 Å². The molecule has 1 fully saturated rings. The molecule has 13 heteroatoms. The number of unbranched alkanes of at least 4 members (excludes halogenated alkanes) is 1. The summed E-state index contributed by atoms with van der Waals surface area (Å²) >= 11 is 9.70. The molecule has 3 heterocycles. The zero-order valence-electron chi connectivity index (χ0n) is 22.9. The van der Waals surface area contributed by atoms with E-state index in [0.29, 0.717) is 17.3 Å². The number of piperazine rings is 1. The van der Waals surface area contributed by atoms with Crippen LogP contribution in [0, 0.1) is 0 Å². The average molecular weight is 664 g/mol. The first-order valence-electron chi connectivity index (χ1n) is 13.5. The molecule has 2 aliphatic heterocycles. The molecule has 0 aliphatic carbocycles. The van der Waals surface area contributed by atoms with Crippen LogP contribution in [0.2, 0.25) is 5.02 Å². The van der Waals surface area contributed by atoms with E-state index in [1.807, 2.05) is 24.3 Å². The van der Waals surface area contributed by atoms with Crippen LogP contribution in [0.1, 0.15) is 32.3 Å². The van der Waals surface area contributed by atoms with Crippen molar-refractivity contribution in [3.63, 3.8) is 0 Å². The highest BCUT2D eigenvalue weighted by atomic mass is 79.9. The Hall–Kier alpha value is -2.93. The maximum absolute atomic E-state index is 14.2. The Bertz CT molecular complexity index is 1560. The third-order valence-corrected chi connectivity index (χ3v) is 10.2. The zero-order valence-corrected chi connectivity index (χ0v) is 26.0. The minimum atomic E-state index is -4.06. The molecule has 1 N–H and O–H groups in total. The first-order chi connectivity index (χ1) is 19.6. The Morgan fingerprint density at radius 1 is 1.12 bits per heavy atom. The Balaban J connectivity index is 1.49. The molecule has 1 saturated heterocycles. The van der Waals surface area contributed by atoms with E-state index in [-0.39, 0.29) is 55.5 Å². The molecule has 2 aromatic carbocycles. The number of hydrogen-bond donors (Lipinski definition) is 1. The minimum absolute atomic E-state index is 0.0640. The van der Waals surface area contributed by atoms with E-state index in [4.69, 9.17) is 11.6 Å². The number of amides is 3. The lowest BCUT2D eigenvalue weighted by Crippen LogP contribution is -2.53. The molecule has 0 radical (unpaired) electrons. The molecule has 10 nitrogen and oxygen atoms in total. The average Bonchev–Trinajstić information content (AvgIpc) is 3.48. The number of urea groups is 1. The van der Waals surface area contributed by atoms with E-state index >= 15 is 0 Å². The van der Waals surface area contributed by atoms with E-state index in [9.17, 15) is 18.0 Å². The number of carbonyl (C=O) groups is 2. The molecule has 3 amide bonds. The number of aromatic nitrogens is 2. The van der Waals surface area contributed by atoms with Crippen LogP contribution in [0.25, 0.3) is 0 Å². The molecular weight excluding hydrogens is 632 g/mol. The molecule has 0 saturated carbocycles. The molecule has 0 bridgehead atoms. The molecular formula is C28H32BrClN6O4S. The Labute approximate surface area is 253 Å². The summed E-state index contributed by atoms with van der Waals surface area (Å²) in [5.74, 6) is -0.0970. The topological polar surface area (TPSA) is 108 Å². The van der Waals surface area contributed by atoms with Crippen LogP contribution in [0.5, 0.6) is 0 Å². The minimum Gasteiger partial charge on any atom is -0.338 e. The normalized spacial score (nSPS) is 19.5. The van der Waals surface area contributed by atoms with Gasteiger partial charge in [-0.15, -0.1) is 0 Å². The second-order valence-electron chi connectivity index (χ2n) is 10.4. The van der Waals surface area contributed by atoms with Gasteiger partial charge in [0, 0.05) is 48.6 Å². The SMILES string of the molecule is CCCCNC(=O)N1CCN(S(=O)(=O)c2cnc3n2[C@](C)(Cc2ccc(Br)cc2)C(=O)N3c2cccc(Cl)c2)CC1. The van der Waals surface area contributed by atoms with Crippen molar-refractivity contribution < 1.29 is 18.0 Å². The van der Waals surface area contributed by atoms with Gasteiger partial charge in [0.05, 0.1) is 11.9 Å². The summed E-state index contributed by atoms with van der Waals surface area (Å²) in [6, 6.07) is 14.2. The largest absolute Gasteiger partial charge is 0.338 e. The number of fused-ring (bicyclic) bond motifs is 1. The summed E-state index contributed by atoms with van der Waals surface area (Å²) in [6.07, 6.45) is 3.42. The van der Waals surface area contributed by atoms with Gasteiger partial charge in [-0.05, 0) is 49.2 Å². The third kappa shape index (κ3) is 5.62. The van der Waals surface area contributed by atoms with Gasteiger partial charge in [0.2, 0.25) is 5.95 Å². The molecule has 0 unspecified atom stereocenters. The molecule has 2 aliphatic rings. The van der Waals surface area contributed by atoms with Crippen molar-refractivity contribution in [3.8, 4) is 0 Å². The number of benzene rings is 2. The van der Waals surface area contributed by atoms with Crippen molar-refractivity contribution in [1.82, 2.24) is 24.1 Å². The summed E-state index contributed by atoms with van der Waals surface area (Å²) in [5.41, 5.74) is 0.0778. The van der Waals surface area contributed by atoms with Crippen molar-refractivity contribution in [3.05, 3.63) is 69.8 Å². The fraction of sp³-hybridized carbons (Fsp3) is 0.393. The van der Waals surface area contributed by atoms with Gasteiger partial charge < -0.3 is 10.2 Å². The van der Waals surface area contributed by atoms with E-state index in [0.717, 1.165) is 22.9 Å². The van der Waals surface area contributed by atoms with Gasteiger partial charge in [0.15, 0.2) is 5.03 Å². The second kappa shape index (κ2) is 11.7. The van der Waals surface area contributed by atoms with Gasteiger partial charge in [-0.3, -0.25) is 9.36 Å². The van der Waals surface area contributed by atoms with Crippen molar-refractivity contribution in [1.29, 1.82) is 0 Å². The highest BCUT2D eigenvalue weighted by molar-refractivity contribution is 9.10. The number of carbonyl (C=O) groups excluding carboxylic acids is 2. The van der Waals surface area contributed by atoms with Gasteiger partial charge in [-0.2, -0.15) is 4.31 Å². The highest BCUT2D eigenvalue weighted by Gasteiger charge is 2.52. The zero-order chi connectivity index (χ0) is 29.4. The van der Waals surface area contributed by atoms with Gasteiger partial charge in [0.1, 0.15) is 5.54 Å². The fourth-order valence-electron chi connectivity index (χ4n) is 5.31. The number of rotatable bonds is 8. The lowest BCUT2D eigenvalue weighted by Gasteiger charge is -2.34. The predicted molar refractivity (Wildman–Crippen MR) is 161 cm³/mol. The fourth-order valence-corrected chi connectivity index (χ4v) is 7.37. The number of imidazole rings is 1. The van der Waals surface area contributed by atoms with Gasteiger partial charge in [0.25, 0.3) is 15.9 Å². The maximum atomic E-state index is 14.2. The maximum Gasteiger partial charge on any atom is 0.317 e. The number of halogens is 2. The lowest BCUT2D eigenvalue weighted by atomic mass is 9.92. The van der Waals surface area contributed by atoms with Gasteiger partial charge in [-0.1, -0.05) is 59.1 Å². The molecule has 5 rings (SSSR count). The van der Waals surface area contributed by atoms with Crippen molar-refractivity contribution in [2.75, 3.05) is 37.6 Å². The Morgan fingerprint density at radius 3 is 2.49 bits per heavy atom. The number of hydrogen-bond acceptors (Lipinski definition) is 5. The molecule has 1 atom stereocenters. The molecule has 41 heavy (non-hydrogen) atoms. The van der Waals surface area contributed by atoms with Gasteiger partial charge in [-0.25, -0.2) is 23.1 Å². The summed E-state index contributed by atoms with van der Waals surface area (Å²) in [6.45, 7) is 5.19. The summed E-state index contributed by atoms with van der Waals surface area (Å²) in [5, 5.41) is 3.26. The van der Waals surface area contributed by atoms with Crippen LogP contribution in [0.15, 0.2) is 64.2 Å². The molecule has 1 aromatic heterocycles. The third-order valence-electron chi connectivity index (χ3n) is 7.53. The molecule has 218 valence electrons. The van der Waals surface area contributed by atoms with Crippen molar-refractivity contribution in [2.45, 2.75) is 43.7 Å². The molecule has 0 spiro atoms. The van der Waals surface area contributed by atoms with Crippen molar-refractivity contribution in [2.24, 2.45) is 0 Å². The first-order valence-corrected chi connectivity index (χ1v) is 16.1. The monoisotopic (exact) mass is 662 g/mol. The smallest absolute Gasteiger partial charge is 0.317 e. The summed E-state index contributed by atoms with van der Waals surface area (Å²) in [4.78, 5) is 34.2. The number of nitrogens with zero attached hydrogens (tertiary/aromatic N) is 5. The van der Waals surface area contributed by atoms with E-state index in [1.165, 1.54) is 20.0 Å². The lowest BCUT2D eigenvalue weighted by molar-refractivity contribution is -0.124. The van der Waals surface area contributed by atoms with E-state index in [1.54, 1.807) is 36.1 Å². The van der Waals surface area contributed by atoms with Crippen LogP contribution in [0.4, 0.5) is 16.4 Å². The highest BCUT2D eigenvalue weighted by Crippen LogP contribution is 2.44. The standard InChI is InChI=1S/C28H32BrClN6O4S/c1-3-4-12-31-27(38)33-13-15-34(16-14-33)41(39,40)24-19-32-26-35(23-7-5-6-22(30)17-23)25(37)28(2,36(24)26)18-20-8-10-21(29)11-9-20/h5-11,17,19H,3-4,12-16,18H2,1-2H3,(H,31,38)/t28-/m1/s1. The van der Waals surface area contributed by atoms with Crippen molar-refractivity contribution >= 4 is 61.1 Å². The van der Waals surface area contributed by atoms with Crippen LogP contribution in [-0.4, -0.2) is 71.8 Å². The Morgan fingerprint density at radius 2 is 1.83 bits per heavy atom. The van der Waals surface area contributed by atoms with Crippen LogP contribution in [0.3, 0.4) is 0 Å². The summed E-state index contributed by atoms with van der Waals surface area (Å²) < 4.78 is 31.9. The van der Waals surface area contributed by atoms with Crippen LogP contribution >= 0.6 is 27.5 Å². The number of nitrogens with one attached hydrogen (secondary N) is 1. The Kier molecular flexibility index (Phi) is 8.47. The van der Waals surface area contributed by atoms with Crippen LogP contribution in [-0.2, 0) is 26.8 Å². The first kappa shape index (κ1) is 29.6.